The summed E-state index contributed by atoms with van der Waals surface area (Å²) in [5, 5.41) is 4.16. The average Bonchev–Trinajstić information content (AvgIpc) is 3.01. The second-order valence-corrected chi connectivity index (χ2v) is 7.99. The number of hydrogen-bond donors (Lipinski definition) is 1. The smallest absolute Gasteiger partial charge is 0.263 e. The van der Waals surface area contributed by atoms with Gasteiger partial charge in [-0.2, -0.15) is 0 Å². The van der Waals surface area contributed by atoms with E-state index in [1.807, 2.05) is 6.92 Å². The maximum atomic E-state index is 12.4. The van der Waals surface area contributed by atoms with Crippen molar-refractivity contribution in [3.05, 3.63) is 16.1 Å². The molecule has 5 heteroatoms. The lowest BCUT2D eigenvalue weighted by molar-refractivity contribution is 0.0327. The van der Waals surface area contributed by atoms with E-state index < -0.39 is 0 Å². The van der Waals surface area contributed by atoms with E-state index in [2.05, 4.69) is 15.2 Å². The highest BCUT2D eigenvalue weighted by molar-refractivity contribution is 7.13. The summed E-state index contributed by atoms with van der Waals surface area (Å²) in [4.78, 5) is 20.0. The molecule has 3 rings (SSSR count). The summed E-state index contributed by atoms with van der Waals surface area (Å²) in [5.41, 5.74) is 0.202. The van der Waals surface area contributed by atoms with Gasteiger partial charge in [0.25, 0.3) is 5.91 Å². The first-order valence-corrected chi connectivity index (χ1v) is 9.47. The number of piperidine rings is 1. The van der Waals surface area contributed by atoms with Crippen molar-refractivity contribution >= 4 is 17.2 Å². The van der Waals surface area contributed by atoms with Gasteiger partial charge in [0.1, 0.15) is 4.88 Å². The highest BCUT2D eigenvalue weighted by Gasteiger charge is 2.38. The minimum Gasteiger partial charge on any atom is -0.349 e. The summed E-state index contributed by atoms with van der Waals surface area (Å²) in [6.07, 6.45) is 12.1. The number of aromatic nitrogens is 1. The summed E-state index contributed by atoms with van der Waals surface area (Å²) < 4.78 is 0. The Labute approximate surface area is 137 Å². The zero-order valence-electron chi connectivity index (χ0n) is 13.6. The molecule has 2 heterocycles. The van der Waals surface area contributed by atoms with Crippen molar-refractivity contribution in [2.24, 2.45) is 0 Å². The van der Waals surface area contributed by atoms with Crippen molar-refractivity contribution < 1.29 is 4.79 Å². The van der Waals surface area contributed by atoms with Gasteiger partial charge in [0.15, 0.2) is 0 Å². The first-order valence-electron chi connectivity index (χ1n) is 8.65. The number of likely N-dealkylation sites (tertiary alicyclic amines) is 1. The van der Waals surface area contributed by atoms with Crippen LogP contribution < -0.4 is 5.32 Å². The molecule has 1 amide bonds. The summed E-state index contributed by atoms with van der Waals surface area (Å²) in [5.74, 6) is 0.0487. The summed E-state index contributed by atoms with van der Waals surface area (Å²) in [6.45, 7) is 5.14. The van der Waals surface area contributed by atoms with Crippen molar-refractivity contribution in [2.45, 2.75) is 63.8 Å². The van der Waals surface area contributed by atoms with Crippen LogP contribution in [0.4, 0.5) is 0 Å². The minimum absolute atomic E-state index is 0.0487. The fraction of sp³-hybridized carbons (Fsp3) is 0.765. The molecule has 0 atom stereocenters. The second kappa shape index (κ2) is 7.09. The number of aryl methyl sites for hydroxylation is 1. The van der Waals surface area contributed by atoms with E-state index >= 15 is 0 Å². The lowest BCUT2D eigenvalue weighted by Gasteiger charge is -2.48. The molecule has 4 nitrogen and oxygen atoms in total. The molecule has 122 valence electrons. The van der Waals surface area contributed by atoms with Gasteiger partial charge in [0.05, 0.1) is 11.2 Å². The molecule has 0 aromatic carbocycles. The Morgan fingerprint density at radius 2 is 1.91 bits per heavy atom. The molecule has 1 aromatic heterocycles. The van der Waals surface area contributed by atoms with Crippen LogP contribution in [0.5, 0.6) is 0 Å². The highest BCUT2D eigenvalue weighted by Crippen LogP contribution is 2.35. The molecule has 1 aliphatic heterocycles. The molecule has 1 aliphatic carbocycles. The van der Waals surface area contributed by atoms with Crippen molar-refractivity contribution in [1.29, 1.82) is 0 Å². The van der Waals surface area contributed by atoms with E-state index in [9.17, 15) is 4.79 Å². The number of rotatable bonds is 4. The summed E-state index contributed by atoms with van der Waals surface area (Å²) >= 11 is 1.48. The minimum atomic E-state index is 0.0487. The van der Waals surface area contributed by atoms with Crippen molar-refractivity contribution in [3.63, 3.8) is 0 Å². The Morgan fingerprint density at radius 3 is 2.55 bits per heavy atom. The van der Waals surface area contributed by atoms with E-state index in [0.717, 1.165) is 16.4 Å². The Balaban J connectivity index is 1.66. The lowest BCUT2D eigenvalue weighted by Crippen LogP contribution is -2.58. The largest absolute Gasteiger partial charge is 0.349 e. The van der Waals surface area contributed by atoms with Gasteiger partial charge in [-0.25, -0.2) is 4.98 Å². The van der Waals surface area contributed by atoms with Gasteiger partial charge in [-0.05, 0) is 45.7 Å². The third-order valence-corrected chi connectivity index (χ3v) is 6.15. The molecule has 1 N–H and O–H groups in total. The van der Waals surface area contributed by atoms with Gasteiger partial charge in [-0.1, -0.05) is 25.7 Å². The van der Waals surface area contributed by atoms with E-state index in [-0.39, 0.29) is 11.4 Å². The van der Waals surface area contributed by atoms with Crippen LogP contribution in [-0.2, 0) is 0 Å². The first-order chi connectivity index (χ1) is 10.7. The normalized spacial score (nSPS) is 22.4. The molecule has 2 aliphatic rings. The summed E-state index contributed by atoms with van der Waals surface area (Å²) in [6, 6.07) is 0. The molecule has 0 bridgehead atoms. The van der Waals surface area contributed by atoms with Crippen molar-refractivity contribution in [1.82, 2.24) is 15.2 Å². The van der Waals surface area contributed by atoms with Crippen LogP contribution in [0.25, 0.3) is 0 Å². The van der Waals surface area contributed by atoms with Crippen LogP contribution in [0.1, 0.15) is 66.0 Å². The fourth-order valence-corrected chi connectivity index (χ4v) is 4.68. The van der Waals surface area contributed by atoms with Crippen LogP contribution in [0.15, 0.2) is 6.20 Å². The number of carbonyl (C=O) groups excluding carboxylic acids is 1. The molecular weight excluding hydrogens is 294 g/mol. The predicted octanol–water partition coefficient (Wildman–Crippen LogP) is 3.37. The fourth-order valence-electron chi connectivity index (χ4n) is 3.98. The number of thiazole rings is 1. The lowest BCUT2D eigenvalue weighted by atomic mass is 9.79. The Bertz CT molecular complexity index is 502. The van der Waals surface area contributed by atoms with Gasteiger partial charge >= 0.3 is 0 Å². The molecule has 1 saturated heterocycles. The molecule has 22 heavy (non-hydrogen) atoms. The average molecular weight is 321 g/mol. The zero-order valence-corrected chi connectivity index (χ0v) is 14.4. The maximum absolute atomic E-state index is 12.4. The SMILES string of the molecule is Cc1ncc(C(=O)NCC2(N3CCCCC3)CCCCC2)s1. The number of nitrogens with zero attached hydrogens (tertiary/aromatic N) is 2. The quantitative estimate of drug-likeness (QED) is 0.925. The number of nitrogens with one attached hydrogen (secondary N) is 1. The molecule has 0 radical (unpaired) electrons. The molecule has 2 fully saturated rings. The Morgan fingerprint density at radius 1 is 1.23 bits per heavy atom. The van der Waals surface area contributed by atoms with Crippen molar-refractivity contribution in [2.75, 3.05) is 19.6 Å². The van der Waals surface area contributed by atoms with Gasteiger partial charge in [0.2, 0.25) is 0 Å². The van der Waals surface area contributed by atoms with Crippen LogP contribution in [0.3, 0.4) is 0 Å². The molecule has 1 aromatic rings. The van der Waals surface area contributed by atoms with Gasteiger partial charge in [0, 0.05) is 12.1 Å². The Kier molecular flexibility index (Phi) is 5.14. The predicted molar refractivity (Wildman–Crippen MR) is 90.4 cm³/mol. The first kappa shape index (κ1) is 15.9. The van der Waals surface area contributed by atoms with Crippen LogP contribution in [-0.4, -0.2) is 41.0 Å². The van der Waals surface area contributed by atoms with Crippen LogP contribution in [0, 0.1) is 6.92 Å². The summed E-state index contributed by atoms with van der Waals surface area (Å²) in [7, 11) is 0. The molecule has 0 unspecified atom stereocenters. The number of carbonyl (C=O) groups is 1. The monoisotopic (exact) mass is 321 g/mol. The highest BCUT2D eigenvalue weighted by atomic mass is 32.1. The van der Waals surface area contributed by atoms with E-state index in [1.54, 1.807) is 6.20 Å². The third kappa shape index (κ3) is 3.51. The van der Waals surface area contributed by atoms with Gasteiger partial charge in [-0.3, -0.25) is 9.69 Å². The molecular formula is C17H27N3OS. The van der Waals surface area contributed by atoms with E-state index in [1.165, 1.54) is 75.8 Å². The maximum Gasteiger partial charge on any atom is 0.263 e. The zero-order chi connectivity index (χ0) is 15.4. The number of amides is 1. The standard InChI is InChI=1S/C17H27N3OS/c1-14-18-12-15(22-14)16(21)19-13-17(8-4-2-5-9-17)20-10-6-3-7-11-20/h12H,2-11,13H2,1H3,(H,19,21). The van der Waals surface area contributed by atoms with Crippen LogP contribution in [0.2, 0.25) is 0 Å². The van der Waals surface area contributed by atoms with Crippen molar-refractivity contribution in [3.8, 4) is 0 Å². The molecule has 0 spiro atoms. The van der Waals surface area contributed by atoms with E-state index in [4.69, 9.17) is 0 Å². The Hall–Kier alpha value is -0.940. The van der Waals surface area contributed by atoms with E-state index in [0.29, 0.717) is 0 Å². The second-order valence-electron chi connectivity index (χ2n) is 6.76. The van der Waals surface area contributed by atoms with Gasteiger partial charge in [-0.15, -0.1) is 11.3 Å². The number of hydrogen-bond acceptors (Lipinski definition) is 4. The van der Waals surface area contributed by atoms with Crippen LogP contribution >= 0.6 is 11.3 Å². The molecule has 1 saturated carbocycles. The third-order valence-electron chi connectivity index (χ3n) is 5.23. The van der Waals surface area contributed by atoms with Gasteiger partial charge < -0.3 is 5.32 Å². The topological polar surface area (TPSA) is 45.2 Å².